The number of furan rings is 1. The van der Waals surface area contributed by atoms with Crippen LogP contribution in [-0.2, 0) is 9.53 Å². The fraction of sp³-hybridized carbons (Fsp3) is 0.0323. The zero-order chi connectivity index (χ0) is 28.8. The molecule has 202 valence electrons. The van der Waals surface area contributed by atoms with E-state index >= 15 is 0 Å². The van der Waals surface area contributed by atoms with Gasteiger partial charge >= 0.3 is 5.97 Å². The zero-order valence-corrected chi connectivity index (χ0v) is 22.8. The molecule has 0 saturated heterocycles. The summed E-state index contributed by atoms with van der Waals surface area (Å²) in [4.78, 5) is 38.3. The summed E-state index contributed by atoms with van der Waals surface area (Å²) in [5.74, 6) is -1.53. The molecule has 8 nitrogen and oxygen atoms in total. The summed E-state index contributed by atoms with van der Waals surface area (Å²) in [5.41, 5.74) is 2.43. The van der Waals surface area contributed by atoms with E-state index in [1.807, 2.05) is 60.7 Å². The number of nitriles is 1. The van der Waals surface area contributed by atoms with Gasteiger partial charge in [0.1, 0.15) is 17.4 Å². The number of anilines is 2. The van der Waals surface area contributed by atoms with Crippen LogP contribution in [0.2, 0.25) is 5.02 Å². The van der Waals surface area contributed by atoms with Gasteiger partial charge in [-0.3, -0.25) is 14.9 Å². The Kier molecular flexibility index (Phi) is 8.25. The van der Waals surface area contributed by atoms with E-state index in [0.717, 1.165) is 11.1 Å². The summed E-state index contributed by atoms with van der Waals surface area (Å²) >= 11 is 7.45. The van der Waals surface area contributed by atoms with E-state index in [-0.39, 0.29) is 33.6 Å². The fourth-order valence-electron chi connectivity index (χ4n) is 4.02. The number of ether oxygens (including phenoxy) is 1. The van der Waals surface area contributed by atoms with Gasteiger partial charge in [0.15, 0.2) is 6.61 Å². The topological polar surface area (TPSA) is 121 Å². The first-order valence-corrected chi connectivity index (χ1v) is 13.5. The Morgan fingerprint density at radius 3 is 2.27 bits per heavy atom. The Morgan fingerprint density at radius 2 is 1.61 bits per heavy atom. The van der Waals surface area contributed by atoms with Crippen molar-refractivity contribution in [3.05, 3.63) is 117 Å². The van der Waals surface area contributed by atoms with Gasteiger partial charge in [0.2, 0.25) is 5.88 Å². The summed E-state index contributed by atoms with van der Waals surface area (Å²) in [6.45, 7) is -0.648. The van der Waals surface area contributed by atoms with Crippen molar-refractivity contribution in [3.8, 4) is 28.5 Å². The number of carbonyl (C=O) groups is 3. The number of hydrogen-bond acceptors (Lipinski definition) is 7. The molecule has 2 N–H and O–H groups in total. The van der Waals surface area contributed by atoms with Crippen LogP contribution in [-0.4, -0.2) is 24.4 Å². The van der Waals surface area contributed by atoms with Gasteiger partial charge in [-0.1, -0.05) is 78.3 Å². The van der Waals surface area contributed by atoms with E-state index in [4.69, 9.17) is 20.8 Å². The molecule has 0 aliphatic rings. The Bertz CT molecular complexity index is 1760. The number of carbonyl (C=O) groups excluding carboxylic acids is 3. The summed E-state index contributed by atoms with van der Waals surface area (Å²) in [6, 6.07) is 28.2. The van der Waals surface area contributed by atoms with Gasteiger partial charge in [0.25, 0.3) is 11.8 Å². The minimum Gasteiger partial charge on any atom is -0.452 e. The lowest BCUT2D eigenvalue weighted by Gasteiger charge is -2.09. The first-order valence-electron chi connectivity index (χ1n) is 12.2. The lowest BCUT2D eigenvalue weighted by Crippen LogP contribution is -2.21. The molecule has 0 fully saturated rings. The maximum absolute atomic E-state index is 12.8. The molecule has 2 aromatic heterocycles. The molecule has 41 heavy (non-hydrogen) atoms. The third kappa shape index (κ3) is 6.20. The number of amides is 2. The van der Waals surface area contributed by atoms with Gasteiger partial charge in [-0.2, -0.15) is 5.26 Å². The monoisotopic (exact) mass is 581 g/mol. The molecule has 0 bridgehead atoms. The van der Waals surface area contributed by atoms with Crippen molar-refractivity contribution in [1.82, 2.24) is 0 Å². The number of hydrogen-bond donors (Lipinski definition) is 2. The largest absolute Gasteiger partial charge is 0.452 e. The average Bonchev–Trinajstić information content (AvgIpc) is 3.67. The van der Waals surface area contributed by atoms with Gasteiger partial charge in [0, 0.05) is 11.1 Å². The summed E-state index contributed by atoms with van der Waals surface area (Å²) in [5, 5.41) is 17.2. The van der Waals surface area contributed by atoms with Crippen LogP contribution in [0.25, 0.3) is 22.5 Å². The summed E-state index contributed by atoms with van der Waals surface area (Å²) in [6.07, 6.45) is 0. The lowest BCUT2D eigenvalue weighted by molar-refractivity contribution is -0.119. The van der Waals surface area contributed by atoms with Crippen LogP contribution in [0.5, 0.6) is 0 Å². The minimum absolute atomic E-state index is 0.0590. The number of esters is 1. The maximum atomic E-state index is 12.8. The number of thiophene rings is 1. The van der Waals surface area contributed by atoms with E-state index in [1.54, 1.807) is 17.5 Å². The van der Waals surface area contributed by atoms with Gasteiger partial charge in [-0.05, 0) is 35.2 Å². The Hall–Kier alpha value is -5.17. The van der Waals surface area contributed by atoms with E-state index in [2.05, 4.69) is 16.7 Å². The molecule has 5 aromatic rings. The molecule has 5 rings (SSSR count). The standard InChI is InChI=1S/C31H20ClN3O5S/c32-23-14-13-21(16-24(23)34-29(37)25-12-7-15-41-25)31(38)39-18-26(36)35-30-22(17-33)27(19-8-3-1-4-9-19)28(40-30)20-10-5-2-6-11-20/h1-16H,18H2,(H,34,37)(H,35,36). The molecule has 2 heterocycles. The van der Waals surface area contributed by atoms with Crippen molar-refractivity contribution in [2.24, 2.45) is 0 Å². The molecule has 0 unspecified atom stereocenters. The summed E-state index contributed by atoms with van der Waals surface area (Å²) < 4.78 is 11.2. The fourth-order valence-corrected chi connectivity index (χ4v) is 4.80. The first-order chi connectivity index (χ1) is 19.9. The zero-order valence-electron chi connectivity index (χ0n) is 21.2. The maximum Gasteiger partial charge on any atom is 0.338 e. The predicted molar refractivity (Wildman–Crippen MR) is 157 cm³/mol. The second kappa shape index (κ2) is 12.3. The SMILES string of the molecule is N#Cc1c(NC(=O)COC(=O)c2ccc(Cl)c(NC(=O)c3cccs3)c2)oc(-c2ccccc2)c1-c1ccccc1. The smallest absolute Gasteiger partial charge is 0.338 e. The first kappa shape index (κ1) is 27.4. The molecule has 10 heteroatoms. The molecule has 0 saturated carbocycles. The second-order valence-electron chi connectivity index (χ2n) is 8.60. The van der Waals surface area contributed by atoms with Crippen LogP contribution >= 0.6 is 22.9 Å². The van der Waals surface area contributed by atoms with E-state index < -0.39 is 18.5 Å². The van der Waals surface area contributed by atoms with E-state index in [9.17, 15) is 19.6 Å². The Balaban J connectivity index is 1.31. The number of rotatable bonds is 8. The number of nitrogens with zero attached hydrogens (tertiary/aromatic N) is 1. The normalized spacial score (nSPS) is 10.4. The van der Waals surface area contributed by atoms with Crippen molar-refractivity contribution in [2.75, 3.05) is 17.2 Å². The van der Waals surface area contributed by atoms with Crippen molar-refractivity contribution >= 4 is 52.3 Å². The van der Waals surface area contributed by atoms with E-state index in [0.29, 0.717) is 16.2 Å². The van der Waals surface area contributed by atoms with Crippen LogP contribution in [0.15, 0.2) is 101 Å². The average molecular weight is 582 g/mol. The highest BCUT2D eigenvalue weighted by atomic mass is 35.5. The lowest BCUT2D eigenvalue weighted by atomic mass is 9.98. The number of benzene rings is 3. The Morgan fingerprint density at radius 1 is 0.902 bits per heavy atom. The van der Waals surface area contributed by atoms with Crippen molar-refractivity contribution in [2.45, 2.75) is 0 Å². The quantitative estimate of drug-likeness (QED) is 0.186. The van der Waals surface area contributed by atoms with Crippen LogP contribution in [0.1, 0.15) is 25.6 Å². The molecule has 0 atom stereocenters. The summed E-state index contributed by atoms with van der Waals surface area (Å²) in [7, 11) is 0. The van der Waals surface area contributed by atoms with Gasteiger partial charge in [0.05, 0.1) is 21.2 Å². The molecule has 0 aliphatic heterocycles. The van der Waals surface area contributed by atoms with Crippen molar-refractivity contribution in [1.29, 1.82) is 5.26 Å². The second-order valence-corrected chi connectivity index (χ2v) is 9.96. The molecule has 2 amide bonds. The molecule has 0 aliphatic carbocycles. The van der Waals surface area contributed by atoms with Crippen LogP contribution in [0, 0.1) is 11.3 Å². The van der Waals surface area contributed by atoms with Gasteiger partial charge in [-0.25, -0.2) is 4.79 Å². The Labute approximate surface area is 243 Å². The highest BCUT2D eigenvalue weighted by Gasteiger charge is 2.24. The number of nitrogens with one attached hydrogen (secondary N) is 2. The van der Waals surface area contributed by atoms with Gasteiger partial charge in [-0.15, -0.1) is 11.3 Å². The molecule has 0 radical (unpaired) electrons. The van der Waals surface area contributed by atoms with Crippen LogP contribution < -0.4 is 10.6 Å². The highest BCUT2D eigenvalue weighted by Crippen LogP contribution is 2.41. The van der Waals surface area contributed by atoms with Crippen LogP contribution in [0.4, 0.5) is 11.6 Å². The predicted octanol–water partition coefficient (Wildman–Crippen LogP) is 7.25. The van der Waals surface area contributed by atoms with Crippen molar-refractivity contribution in [3.63, 3.8) is 0 Å². The van der Waals surface area contributed by atoms with E-state index in [1.165, 1.54) is 29.5 Å². The third-order valence-corrected chi connectivity index (χ3v) is 7.10. The molecule has 0 spiro atoms. The number of halogens is 1. The van der Waals surface area contributed by atoms with Gasteiger partial charge < -0.3 is 14.5 Å². The minimum atomic E-state index is -0.807. The molecule has 3 aromatic carbocycles. The van der Waals surface area contributed by atoms with Crippen LogP contribution in [0.3, 0.4) is 0 Å². The van der Waals surface area contributed by atoms with Crippen molar-refractivity contribution < 1.29 is 23.5 Å². The third-order valence-electron chi connectivity index (χ3n) is 5.90. The molecular weight excluding hydrogens is 562 g/mol. The highest BCUT2D eigenvalue weighted by molar-refractivity contribution is 7.12. The molecular formula is C31H20ClN3O5S.